The summed E-state index contributed by atoms with van der Waals surface area (Å²) < 4.78 is 0. The molecule has 3 aromatic rings. The SMILES string of the molecule is CN1CCN(Cc2ccncc2)C[C@@H](Cc2ccc(-c3ccncc3)cc2)C1=O. The topological polar surface area (TPSA) is 49.3 Å². The lowest BCUT2D eigenvalue weighted by Crippen LogP contribution is -2.34. The Balaban J connectivity index is 1.47. The predicted molar refractivity (Wildman–Crippen MR) is 114 cm³/mol. The fraction of sp³-hybridized carbons (Fsp3) is 0.292. The van der Waals surface area contributed by atoms with Gasteiger partial charge in [0.25, 0.3) is 0 Å². The van der Waals surface area contributed by atoms with E-state index < -0.39 is 0 Å². The van der Waals surface area contributed by atoms with E-state index in [0.717, 1.165) is 38.2 Å². The number of aromatic nitrogens is 2. The molecule has 29 heavy (non-hydrogen) atoms. The summed E-state index contributed by atoms with van der Waals surface area (Å²) in [5.74, 6) is 0.205. The summed E-state index contributed by atoms with van der Waals surface area (Å²) in [5, 5.41) is 0. The molecule has 4 rings (SSSR count). The van der Waals surface area contributed by atoms with Crippen LogP contribution in [0.4, 0.5) is 0 Å². The monoisotopic (exact) mass is 386 g/mol. The minimum Gasteiger partial charge on any atom is -0.344 e. The second kappa shape index (κ2) is 8.97. The Morgan fingerprint density at radius 3 is 2.14 bits per heavy atom. The van der Waals surface area contributed by atoms with Crippen molar-refractivity contribution in [2.24, 2.45) is 5.92 Å². The van der Waals surface area contributed by atoms with Crippen LogP contribution in [0.2, 0.25) is 0 Å². The van der Waals surface area contributed by atoms with Crippen molar-refractivity contribution in [3.63, 3.8) is 0 Å². The average Bonchev–Trinajstić information content (AvgIpc) is 2.90. The molecule has 0 unspecified atom stereocenters. The first-order valence-electron chi connectivity index (χ1n) is 10.0. The molecule has 1 aromatic carbocycles. The second-order valence-electron chi connectivity index (χ2n) is 7.68. The molecule has 0 radical (unpaired) electrons. The minimum absolute atomic E-state index is 0.0314. The molecule has 2 aromatic heterocycles. The van der Waals surface area contributed by atoms with E-state index in [1.54, 1.807) is 12.4 Å². The predicted octanol–water partition coefficient (Wildman–Crippen LogP) is 3.28. The average molecular weight is 386 g/mol. The van der Waals surface area contributed by atoms with Gasteiger partial charge in [0.1, 0.15) is 0 Å². The number of benzene rings is 1. The van der Waals surface area contributed by atoms with Crippen molar-refractivity contribution in [3.05, 3.63) is 84.4 Å². The summed E-state index contributed by atoms with van der Waals surface area (Å²) in [6.07, 6.45) is 8.02. The van der Waals surface area contributed by atoms with E-state index >= 15 is 0 Å². The number of likely N-dealkylation sites (N-methyl/N-ethyl adjacent to an activating group) is 1. The maximum Gasteiger partial charge on any atom is 0.227 e. The summed E-state index contributed by atoms with van der Waals surface area (Å²) in [4.78, 5) is 25.4. The number of amides is 1. The van der Waals surface area contributed by atoms with Gasteiger partial charge in [-0.15, -0.1) is 0 Å². The number of nitrogens with zero attached hydrogens (tertiary/aromatic N) is 4. The molecule has 148 valence electrons. The lowest BCUT2D eigenvalue weighted by Gasteiger charge is -2.23. The van der Waals surface area contributed by atoms with Gasteiger partial charge in [-0.1, -0.05) is 24.3 Å². The molecule has 1 aliphatic heterocycles. The highest BCUT2D eigenvalue weighted by atomic mass is 16.2. The van der Waals surface area contributed by atoms with Crippen LogP contribution in [0.15, 0.2) is 73.3 Å². The van der Waals surface area contributed by atoms with Gasteiger partial charge in [-0.05, 0) is 52.9 Å². The van der Waals surface area contributed by atoms with E-state index in [2.05, 4.69) is 39.1 Å². The summed E-state index contributed by atoms with van der Waals surface area (Å²) in [6, 6.07) is 16.6. The highest BCUT2D eigenvalue weighted by molar-refractivity contribution is 5.79. The number of rotatable bonds is 5. The maximum atomic E-state index is 12.9. The molecule has 0 N–H and O–H groups in total. The number of carbonyl (C=O) groups is 1. The lowest BCUT2D eigenvalue weighted by molar-refractivity contribution is -0.133. The van der Waals surface area contributed by atoms with Crippen LogP contribution in [0.5, 0.6) is 0 Å². The number of hydrogen-bond donors (Lipinski definition) is 0. The number of carbonyl (C=O) groups excluding carboxylic acids is 1. The Labute approximate surface area is 172 Å². The molecule has 1 aliphatic rings. The van der Waals surface area contributed by atoms with Crippen molar-refractivity contribution in [3.8, 4) is 11.1 Å². The lowest BCUT2D eigenvalue weighted by atomic mass is 9.96. The Hall–Kier alpha value is -3.05. The molecule has 0 spiro atoms. The van der Waals surface area contributed by atoms with Crippen LogP contribution < -0.4 is 0 Å². The normalized spacial score (nSPS) is 17.9. The van der Waals surface area contributed by atoms with Crippen molar-refractivity contribution in [1.82, 2.24) is 19.8 Å². The number of hydrogen-bond acceptors (Lipinski definition) is 4. The van der Waals surface area contributed by atoms with Gasteiger partial charge < -0.3 is 4.90 Å². The first kappa shape index (κ1) is 19.3. The fourth-order valence-corrected chi connectivity index (χ4v) is 3.90. The molecule has 3 heterocycles. The van der Waals surface area contributed by atoms with Crippen LogP contribution in [0.3, 0.4) is 0 Å². The van der Waals surface area contributed by atoms with E-state index in [1.807, 2.05) is 48.6 Å². The molecule has 1 saturated heterocycles. The Morgan fingerprint density at radius 2 is 1.45 bits per heavy atom. The van der Waals surface area contributed by atoms with Crippen LogP contribution in [0.1, 0.15) is 11.1 Å². The van der Waals surface area contributed by atoms with Crippen molar-refractivity contribution >= 4 is 5.91 Å². The molecule has 0 saturated carbocycles. The molecule has 1 fully saturated rings. The minimum atomic E-state index is -0.0314. The smallest absolute Gasteiger partial charge is 0.227 e. The van der Waals surface area contributed by atoms with Crippen LogP contribution in [-0.2, 0) is 17.8 Å². The van der Waals surface area contributed by atoms with Crippen molar-refractivity contribution < 1.29 is 4.79 Å². The summed E-state index contributed by atoms with van der Waals surface area (Å²) >= 11 is 0. The Kier molecular flexibility index (Phi) is 5.96. The van der Waals surface area contributed by atoms with E-state index in [1.165, 1.54) is 16.7 Å². The zero-order valence-electron chi connectivity index (χ0n) is 16.7. The van der Waals surface area contributed by atoms with E-state index in [-0.39, 0.29) is 11.8 Å². The van der Waals surface area contributed by atoms with Gasteiger partial charge in [-0.25, -0.2) is 0 Å². The van der Waals surface area contributed by atoms with Gasteiger partial charge in [0.15, 0.2) is 0 Å². The van der Waals surface area contributed by atoms with E-state index in [9.17, 15) is 4.79 Å². The standard InChI is InChI=1S/C24H26N4O/c1-27-14-15-28(17-20-6-10-25-11-7-20)18-23(24(27)29)16-19-2-4-21(5-3-19)22-8-12-26-13-9-22/h2-13,23H,14-18H2,1H3/t23-/m1/s1. The molecular formula is C24H26N4O. The molecule has 0 aliphatic carbocycles. The Morgan fingerprint density at radius 1 is 0.828 bits per heavy atom. The van der Waals surface area contributed by atoms with Crippen LogP contribution in [-0.4, -0.2) is 52.4 Å². The maximum absolute atomic E-state index is 12.9. The van der Waals surface area contributed by atoms with Gasteiger partial charge in [0.05, 0.1) is 5.92 Å². The van der Waals surface area contributed by atoms with E-state index in [0.29, 0.717) is 0 Å². The fourth-order valence-electron chi connectivity index (χ4n) is 3.90. The van der Waals surface area contributed by atoms with Crippen molar-refractivity contribution in [2.45, 2.75) is 13.0 Å². The van der Waals surface area contributed by atoms with Crippen LogP contribution in [0.25, 0.3) is 11.1 Å². The van der Waals surface area contributed by atoms with E-state index in [4.69, 9.17) is 0 Å². The largest absolute Gasteiger partial charge is 0.344 e. The third-order valence-electron chi connectivity index (χ3n) is 5.56. The van der Waals surface area contributed by atoms with Gasteiger partial charge in [0, 0.05) is 58.0 Å². The van der Waals surface area contributed by atoms with Crippen LogP contribution >= 0.6 is 0 Å². The molecule has 0 bridgehead atoms. The van der Waals surface area contributed by atoms with Gasteiger partial charge in [0.2, 0.25) is 5.91 Å². The third-order valence-corrected chi connectivity index (χ3v) is 5.56. The van der Waals surface area contributed by atoms with Gasteiger partial charge in [-0.2, -0.15) is 0 Å². The molecular weight excluding hydrogens is 360 g/mol. The Bertz CT molecular complexity index is 928. The first-order chi connectivity index (χ1) is 14.2. The third kappa shape index (κ3) is 4.87. The summed E-state index contributed by atoms with van der Waals surface area (Å²) in [7, 11) is 1.91. The molecule has 5 nitrogen and oxygen atoms in total. The van der Waals surface area contributed by atoms with Gasteiger partial charge in [-0.3, -0.25) is 19.7 Å². The summed E-state index contributed by atoms with van der Waals surface area (Å²) in [5.41, 5.74) is 4.75. The van der Waals surface area contributed by atoms with Crippen LogP contribution in [0, 0.1) is 5.92 Å². The molecule has 1 amide bonds. The van der Waals surface area contributed by atoms with Gasteiger partial charge >= 0.3 is 0 Å². The quantitative estimate of drug-likeness (QED) is 0.675. The first-order valence-corrected chi connectivity index (χ1v) is 10.0. The van der Waals surface area contributed by atoms with Crippen molar-refractivity contribution in [2.75, 3.05) is 26.7 Å². The zero-order valence-corrected chi connectivity index (χ0v) is 16.7. The zero-order chi connectivity index (χ0) is 20.1. The van der Waals surface area contributed by atoms with Crippen molar-refractivity contribution in [1.29, 1.82) is 0 Å². The summed E-state index contributed by atoms with van der Waals surface area (Å²) in [6.45, 7) is 3.28. The highest BCUT2D eigenvalue weighted by Crippen LogP contribution is 2.22. The molecule has 5 heteroatoms. The number of pyridine rings is 2. The molecule has 1 atom stereocenters. The second-order valence-corrected chi connectivity index (χ2v) is 7.68. The highest BCUT2D eigenvalue weighted by Gasteiger charge is 2.28.